The number of para-hydroxylation sites is 1. The smallest absolute Gasteiger partial charge is 0.169 e. The summed E-state index contributed by atoms with van der Waals surface area (Å²) in [6.45, 7) is 0.934. The molecule has 112 valence electrons. The predicted octanol–water partition coefficient (Wildman–Crippen LogP) is 1.25. The molecule has 20 heavy (non-hydrogen) atoms. The molecule has 1 fully saturated rings. The molecule has 0 amide bonds. The number of hydrogen-bond acceptors (Lipinski definition) is 5. The third-order valence-corrected chi connectivity index (χ3v) is 5.99. The van der Waals surface area contributed by atoms with Gasteiger partial charge in [-0.15, -0.1) is 0 Å². The zero-order valence-corrected chi connectivity index (χ0v) is 13.0. The molecule has 1 saturated heterocycles. The second-order valence-electron chi connectivity index (χ2n) is 4.84. The van der Waals surface area contributed by atoms with E-state index in [0.29, 0.717) is 31.0 Å². The van der Waals surface area contributed by atoms with E-state index in [4.69, 9.17) is 5.73 Å². The van der Waals surface area contributed by atoms with Crippen molar-refractivity contribution < 1.29 is 12.8 Å². The monoisotopic (exact) mass is 318 g/mol. The van der Waals surface area contributed by atoms with Gasteiger partial charge in [0.15, 0.2) is 9.84 Å². The predicted molar refractivity (Wildman–Crippen MR) is 82.5 cm³/mol. The molecule has 1 aliphatic heterocycles. The highest BCUT2D eigenvalue weighted by atomic mass is 32.2. The van der Waals surface area contributed by atoms with Gasteiger partial charge in [-0.2, -0.15) is 11.8 Å². The van der Waals surface area contributed by atoms with Crippen molar-refractivity contribution in [3.63, 3.8) is 0 Å². The summed E-state index contributed by atoms with van der Waals surface area (Å²) in [5, 5.41) is -0.672. The Hall–Kier alpha value is -0.790. The van der Waals surface area contributed by atoms with Crippen molar-refractivity contribution >= 4 is 27.3 Å². The molecule has 0 radical (unpaired) electrons. The van der Waals surface area contributed by atoms with Gasteiger partial charge in [0.25, 0.3) is 0 Å². The number of rotatable bonds is 4. The number of sulfone groups is 1. The van der Waals surface area contributed by atoms with Crippen LogP contribution in [0.15, 0.2) is 18.2 Å². The van der Waals surface area contributed by atoms with E-state index in [2.05, 4.69) is 0 Å². The van der Waals surface area contributed by atoms with Crippen molar-refractivity contribution in [1.29, 1.82) is 0 Å². The standard InChI is InChI=1S/C13H19FN2O2S2/c1-20(17,18)12-9-19-8-7-16(12)13-10(5-6-15)3-2-4-11(13)14/h2-4,12H,5-9,15H2,1H3. The maximum Gasteiger partial charge on any atom is 0.169 e. The van der Waals surface area contributed by atoms with E-state index >= 15 is 0 Å². The molecule has 7 heteroatoms. The lowest BCUT2D eigenvalue weighted by Crippen LogP contribution is -2.47. The highest BCUT2D eigenvalue weighted by molar-refractivity contribution is 8.01. The largest absolute Gasteiger partial charge is 0.351 e. The fourth-order valence-corrected chi connectivity index (χ4v) is 5.25. The van der Waals surface area contributed by atoms with Gasteiger partial charge in [-0.25, -0.2) is 12.8 Å². The SMILES string of the molecule is CS(=O)(=O)C1CSCCN1c1c(F)cccc1CCN. The molecule has 1 atom stereocenters. The molecular weight excluding hydrogens is 299 g/mol. The molecule has 1 aliphatic rings. The molecule has 1 heterocycles. The second-order valence-corrected chi connectivity index (χ2v) is 8.19. The van der Waals surface area contributed by atoms with Crippen LogP contribution in [0, 0.1) is 5.82 Å². The molecular formula is C13H19FN2O2S2. The first-order valence-electron chi connectivity index (χ1n) is 6.46. The van der Waals surface area contributed by atoms with Gasteiger partial charge in [-0.05, 0) is 24.6 Å². The number of thioether (sulfide) groups is 1. The molecule has 2 N–H and O–H groups in total. The molecule has 1 aromatic rings. The quantitative estimate of drug-likeness (QED) is 0.905. The first-order chi connectivity index (χ1) is 9.45. The van der Waals surface area contributed by atoms with E-state index in [1.54, 1.807) is 22.7 Å². The third kappa shape index (κ3) is 3.27. The second kappa shape index (κ2) is 6.32. The number of nitrogens with two attached hydrogens (primary N) is 1. The van der Waals surface area contributed by atoms with Crippen molar-refractivity contribution in [3.8, 4) is 0 Å². The highest BCUT2D eigenvalue weighted by Gasteiger charge is 2.33. The van der Waals surface area contributed by atoms with Gasteiger partial charge in [0.2, 0.25) is 0 Å². The Morgan fingerprint density at radius 3 is 2.90 bits per heavy atom. The fraction of sp³-hybridized carbons (Fsp3) is 0.538. The summed E-state index contributed by atoms with van der Waals surface area (Å²) in [7, 11) is -3.26. The maximum atomic E-state index is 14.2. The lowest BCUT2D eigenvalue weighted by Gasteiger charge is -2.37. The van der Waals surface area contributed by atoms with Crippen LogP contribution in [0.2, 0.25) is 0 Å². The summed E-state index contributed by atoms with van der Waals surface area (Å²) in [4.78, 5) is 1.69. The zero-order valence-electron chi connectivity index (χ0n) is 11.4. The van der Waals surface area contributed by atoms with E-state index in [0.717, 1.165) is 11.3 Å². The van der Waals surface area contributed by atoms with Gasteiger partial charge < -0.3 is 10.6 Å². The summed E-state index contributed by atoms with van der Waals surface area (Å²) in [6.07, 6.45) is 1.74. The van der Waals surface area contributed by atoms with E-state index in [-0.39, 0.29) is 5.82 Å². The average Bonchev–Trinajstić information content (AvgIpc) is 2.38. The number of nitrogens with zero attached hydrogens (tertiary/aromatic N) is 1. The van der Waals surface area contributed by atoms with Crippen LogP contribution in [0.5, 0.6) is 0 Å². The topological polar surface area (TPSA) is 63.4 Å². The maximum absolute atomic E-state index is 14.2. The number of hydrogen-bond donors (Lipinski definition) is 1. The Kier molecular flexibility index (Phi) is 4.93. The van der Waals surface area contributed by atoms with Crippen molar-refractivity contribution in [2.24, 2.45) is 5.73 Å². The van der Waals surface area contributed by atoms with Crippen molar-refractivity contribution in [2.45, 2.75) is 11.8 Å². The van der Waals surface area contributed by atoms with Crippen LogP contribution < -0.4 is 10.6 Å². The first kappa shape index (κ1) is 15.6. The summed E-state index contributed by atoms with van der Waals surface area (Å²) >= 11 is 1.59. The van der Waals surface area contributed by atoms with E-state index in [1.807, 2.05) is 6.07 Å². The van der Waals surface area contributed by atoms with Crippen LogP contribution in [0.25, 0.3) is 0 Å². The van der Waals surface area contributed by atoms with Crippen LogP contribution in [-0.2, 0) is 16.3 Å². The lowest BCUT2D eigenvalue weighted by atomic mass is 10.1. The first-order valence-corrected chi connectivity index (χ1v) is 9.56. The van der Waals surface area contributed by atoms with Crippen LogP contribution in [0.4, 0.5) is 10.1 Å². The van der Waals surface area contributed by atoms with E-state index in [1.165, 1.54) is 12.3 Å². The molecule has 2 rings (SSSR count). The molecule has 0 aliphatic carbocycles. The van der Waals surface area contributed by atoms with Crippen LogP contribution in [0.3, 0.4) is 0 Å². The average molecular weight is 318 g/mol. The minimum absolute atomic E-state index is 0.378. The molecule has 0 aromatic heterocycles. The number of halogens is 1. The lowest BCUT2D eigenvalue weighted by molar-refractivity contribution is 0.577. The highest BCUT2D eigenvalue weighted by Crippen LogP contribution is 2.32. The van der Waals surface area contributed by atoms with Gasteiger partial charge in [-0.3, -0.25) is 0 Å². The number of benzene rings is 1. The summed E-state index contributed by atoms with van der Waals surface area (Å²) in [6, 6.07) is 4.82. The Bertz CT molecular complexity index is 578. The Morgan fingerprint density at radius 1 is 1.50 bits per heavy atom. The molecule has 0 bridgehead atoms. The van der Waals surface area contributed by atoms with Crippen molar-refractivity contribution in [1.82, 2.24) is 0 Å². The Balaban J connectivity index is 2.47. The molecule has 0 saturated carbocycles. The van der Waals surface area contributed by atoms with Crippen molar-refractivity contribution in [2.75, 3.05) is 35.8 Å². The van der Waals surface area contributed by atoms with Crippen LogP contribution in [-0.4, -0.2) is 44.6 Å². The van der Waals surface area contributed by atoms with Gasteiger partial charge in [0.1, 0.15) is 11.2 Å². The minimum Gasteiger partial charge on any atom is -0.351 e. The Morgan fingerprint density at radius 2 is 2.25 bits per heavy atom. The number of anilines is 1. The Labute approximate surface area is 123 Å². The molecule has 4 nitrogen and oxygen atoms in total. The van der Waals surface area contributed by atoms with E-state index < -0.39 is 15.2 Å². The normalized spacial score (nSPS) is 20.1. The molecule has 0 spiro atoms. The van der Waals surface area contributed by atoms with Gasteiger partial charge >= 0.3 is 0 Å². The summed E-state index contributed by atoms with van der Waals surface area (Å²) < 4.78 is 38.1. The van der Waals surface area contributed by atoms with Gasteiger partial charge in [-0.1, -0.05) is 12.1 Å². The van der Waals surface area contributed by atoms with Crippen molar-refractivity contribution in [3.05, 3.63) is 29.6 Å². The molecule has 1 aromatic carbocycles. The fourth-order valence-electron chi connectivity index (χ4n) is 2.43. The van der Waals surface area contributed by atoms with Crippen LogP contribution in [0.1, 0.15) is 5.56 Å². The third-order valence-electron chi connectivity index (χ3n) is 3.35. The molecule has 1 unspecified atom stereocenters. The summed E-state index contributed by atoms with van der Waals surface area (Å²) in [5.74, 6) is 0.883. The van der Waals surface area contributed by atoms with E-state index in [9.17, 15) is 12.8 Å². The minimum atomic E-state index is -3.26. The zero-order chi connectivity index (χ0) is 14.8. The van der Waals surface area contributed by atoms with Gasteiger partial charge in [0, 0.05) is 24.3 Å². The van der Waals surface area contributed by atoms with Crippen LogP contribution >= 0.6 is 11.8 Å². The summed E-state index contributed by atoms with van der Waals surface area (Å²) in [5.41, 5.74) is 6.73. The van der Waals surface area contributed by atoms with Gasteiger partial charge in [0.05, 0.1) is 5.69 Å².